The van der Waals surface area contributed by atoms with Crippen LogP contribution in [-0.2, 0) is 18.8 Å². The van der Waals surface area contributed by atoms with Gasteiger partial charge in [0.1, 0.15) is 11.7 Å². The van der Waals surface area contributed by atoms with Gasteiger partial charge in [0.25, 0.3) is 0 Å². The highest BCUT2D eigenvalue weighted by Gasteiger charge is 2.45. The summed E-state index contributed by atoms with van der Waals surface area (Å²) in [5.41, 5.74) is 0. The van der Waals surface area contributed by atoms with E-state index in [0.29, 0.717) is 12.8 Å². The van der Waals surface area contributed by atoms with Gasteiger partial charge in [-0.05, 0) is 31.5 Å². The minimum Gasteiger partial charge on any atom is -0.465 e. The molecule has 0 heterocycles. The summed E-state index contributed by atoms with van der Waals surface area (Å²) < 4.78 is 11.5. The Bertz CT molecular complexity index is 490. The van der Waals surface area contributed by atoms with Crippen LogP contribution in [0.15, 0.2) is 0 Å². The molecule has 0 aromatic heterocycles. The lowest BCUT2D eigenvalue weighted by atomic mass is 9.78. The van der Waals surface area contributed by atoms with Gasteiger partial charge in [-0.25, -0.2) is 0 Å². The Morgan fingerprint density at radius 3 is 2.52 bits per heavy atom. The first kappa shape index (κ1) is 19.9. The SMILES string of the molecule is CCOC(=O)[C@@H](C#N)[C@@H]1CC(=O)CC[C@@H]1O[Si](C)(C)C(C)(C)C. The number of ether oxygens (including phenoxy) is 1. The van der Waals surface area contributed by atoms with Crippen LogP contribution in [0.4, 0.5) is 0 Å². The highest BCUT2D eigenvalue weighted by atomic mass is 28.4. The van der Waals surface area contributed by atoms with E-state index in [9.17, 15) is 14.9 Å². The summed E-state index contributed by atoms with van der Waals surface area (Å²) >= 11 is 0. The molecule has 0 spiro atoms. The standard InChI is InChI=1S/C17H29NO4Si/c1-7-21-16(20)14(11-18)13-10-12(19)8-9-15(13)22-23(5,6)17(2,3)4/h13-15H,7-10H2,1-6H3/t13-,14-,15-/m0/s1. The Labute approximate surface area is 140 Å². The van der Waals surface area contributed by atoms with Gasteiger partial charge < -0.3 is 9.16 Å². The van der Waals surface area contributed by atoms with Crippen LogP contribution < -0.4 is 0 Å². The van der Waals surface area contributed by atoms with Gasteiger partial charge in [-0.3, -0.25) is 9.59 Å². The topological polar surface area (TPSA) is 76.4 Å². The van der Waals surface area contributed by atoms with Gasteiger partial charge in [0.2, 0.25) is 0 Å². The zero-order valence-electron chi connectivity index (χ0n) is 15.1. The van der Waals surface area contributed by atoms with E-state index in [0.717, 1.165) is 0 Å². The summed E-state index contributed by atoms with van der Waals surface area (Å²) in [6.45, 7) is 12.7. The van der Waals surface area contributed by atoms with Crippen molar-refractivity contribution in [2.45, 2.75) is 71.2 Å². The second-order valence-corrected chi connectivity index (χ2v) is 12.5. The van der Waals surface area contributed by atoms with E-state index in [1.807, 2.05) is 6.07 Å². The van der Waals surface area contributed by atoms with E-state index >= 15 is 0 Å². The second kappa shape index (κ2) is 7.58. The highest BCUT2D eigenvalue weighted by Crippen LogP contribution is 2.41. The highest BCUT2D eigenvalue weighted by molar-refractivity contribution is 6.74. The lowest BCUT2D eigenvalue weighted by Crippen LogP contribution is -2.49. The molecule has 1 aliphatic rings. The number of nitriles is 1. The molecular formula is C17H29NO4Si. The summed E-state index contributed by atoms with van der Waals surface area (Å²) in [5.74, 6) is -1.79. The van der Waals surface area contributed by atoms with Gasteiger partial charge in [-0.2, -0.15) is 5.26 Å². The molecular weight excluding hydrogens is 310 g/mol. The van der Waals surface area contributed by atoms with Crippen molar-refractivity contribution in [2.75, 3.05) is 6.61 Å². The van der Waals surface area contributed by atoms with Gasteiger partial charge in [0, 0.05) is 18.8 Å². The predicted octanol–water partition coefficient (Wildman–Crippen LogP) is 3.45. The van der Waals surface area contributed by atoms with Gasteiger partial charge >= 0.3 is 5.97 Å². The van der Waals surface area contributed by atoms with Crippen LogP contribution in [0.5, 0.6) is 0 Å². The van der Waals surface area contributed by atoms with E-state index in [1.54, 1.807) is 6.92 Å². The number of carbonyl (C=O) groups excluding carboxylic acids is 2. The summed E-state index contributed by atoms with van der Waals surface area (Å²) in [6.07, 6.45) is 1.02. The third-order valence-corrected chi connectivity index (χ3v) is 9.51. The maximum absolute atomic E-state index is 12.1. The lowest BCUT2D eigenvalue weighted by molar-refractivity contribution is -0.150. The Morgan fingerprint density at radius 1 is 1.43 bits per heavy atom. The van der Waals surface area contributed by atoms with Crippen molar-refractivity contribution >= 4 is 20.1 Å². The number of carbonyl (C=O) groups is 2. The molecule has 0 unspecified atom stereocenters. The molecule has 0 N–H and O–H groups in total. The number of nitrogens with zero attached hydrogens (tertiary/aromatic N) is 1. The molecule has 3 atom stereocenters. The largest absolute Gasteiger partial charge is 0.465 e. The summed E-state index contributed by atoms with van der Waals surface area (Å²) in [4.78, 5) is 24.0. The molecule has 0 bridgehead atoms. The predicted molar refractivity (Wildman–Crippen MR) is 90.2 cm³/mol. The Hall–Kier alpha value is -1.19. The summed E-state index contributed by atoms with van der Waals surface area (Å²) in [7, 11) is -2.04. The van der Waals surface area contributed by atoms with Crippen LogP contribution >= 0.6 is 0 Å². The fourth-order valence-corrected chi connectivity index (χ4v) is 4.01. The minimum absolute atomic E-state index is 0.0328. The van der Waals surface area contributed by atoms with Crippen molar-refractivity contribution in [3.8, 4) is 6.07 Å². The molecule has 0 aromatic rings. The van der Waals surface area contributed by atoms with Gasteiger partial charge in [-0.15, -0.1) is 0 Å². The molecule has 1 rings (SSSR count). The first-order chi connectivity index (χ1) is 10.5. The number of ketones is 1. The number of hydrogen-bond donors (Lipinski definition) is 0. The minimum atomic E-state index is -2.04. The molecule has 1 fully saturated rings. The molecule has 6 heteroatoms. The number of Topliss-reactive ketones (excluding diaryl/α,β-unsaturated/α-hetero) is 1. The Balaban J connectivity index is 3.02. The molecule has 130 valence electrons. The van der Waals surface area contributed by atoms with Crippen LogP contribution in [0.2, 0.25) is 18.1 Å². The molecule has 1 aliphatic carbocycles. The fourth-order valence-electron chi connectivity index (χ4n) is 2.60. The third-order valence-electron chi connectivity index (χ3n) is 5.01. The van der Waals surface area contributed by atoms with Crippen molar-refractivity contribution in [2.24, 2.45) is 11.8 Å². The Morgan fingerprint density at radius 2 is 2.04 bits per heavy atom. The van der Waals surface area contributed by atoms with E-state index in [1.165, 1.54) is 0 Å². The maximum atomic E-state index is 12.1. The number of hydrogen-bond acceptors (Lipinski definition) is 5. The smallest absolute Gasteiger partial charge is 0.323 e. The molecule has 0 saturated heterocycles. The molecule has 1 saturated carbocycles. The van der Waals surface area contributed by atoms with E-state index in [2.05, 4.69) is 33.9 Å². The van der Waals surface area contributed by atoms with E-state index in [4.69, 9.17) is 9.16 Å². The third kappa shape index (κ3) is 4.89. The van der Waals surface area contributed by atoms with Crippen LogP contribution in [-0.4, -0.2) is 32.8 Å². The lowest BCUT2D eigenvalue weighted by Gasteiger charge is -2.43. The number of esters is 1. The van der Waals surface area contributed by atoms with E-state index < -0.39 is 26.1 Å². The van der Waals surface area contributed by atoms with Crippen LogP contribution in [0.25, 0.3) is 0 Å². The zero-order chi connectivity index (χ0) is 17.8. The quantitative estimate of drug-likeness (QED) is 0.566. The maximum Gasteiger partial charge on any atom is 0.323 e. The Kier molecular flexibility index (Phi) is 6.55. The average Bonchev–Trinajstić information content (AvgIpc) is 2.41. The van der Waals surface area contributed by atoms with Gasteiger partial charge in [0.15, 0.2) is 8.32 Å². The molecule has 0 radical (unpaired) electrons. The summed E-state index contributed by atoms with van der Waals surface area (Å²) in [5, 5.41) is 9.46. The van der Waals surface area contributed by atoms with Gasteiger partial charge in [0.05, 0.1) is 18.8 Å². The normalized spacial score (nSPS) is 24.0. The average molecular weight is 340 g/mol. The number of rotatable bonds is 5. The van der Waals surface area contributed by atoms with Crippen molar-refractivity contribution in [1.29, 1.82) is 5.26 Å². The van der Waals surface area contributed by atoms with Crippen LogP contribution in [0.3, 0.4) is 0 Å². The molecule has 0 aliphatic heterocycles. The van der Waals surface area contributed by atoms with Gasteiger partial charge in [-0.1, -0.05) is 20.8 Å². The first-order valence-corrected chi connectivity index (χ1v) is 11.2. The van der Waals surface area contributed by atoms with Crippen molar-refractivity contribution in [3.63, 3.8) is 0 Å². The van der Waals surface area contributed by atoms with Crippen LogP contribution in [0, 0.1) is 23.2 Å². The monoisotopic (exact) mass is 339 g/mol. The van der Waals surface area contributed by atoms with Crippen molar-refractivity contribution in [3.05, 3.63) is 0 Å². The van der Waals surface area contributed by atoms with Crippen LogP contribution in [0.1, 0.15) is 47.0 Å². The molecule has 5 nitrogen and oxygen atoms in total. The summed E-state index contributed by atoms with van der Waals surface area (Å²) in [6, 6.07) is 2.04. The van der Waals surface area contributed by atoms with E-state index in [-0.39, 0.29) is 30.0 Å². The molecule has 0 amide bonds. The fraction of sp³-hybridized carbons (Fsp3) is 0.824. The first-order valence-electron chi connectivity index (χ1n) is 8.29. The van der Waals surface area contributed by atoms with Crippen molar-refractivity contribution in [1.82, 2.24) is 0 Å². The second-order valence-electron chi connectivity index (χ2n) is 7.72. The van der Waals surface area contributed by atoms with Crippen molar-refractivity contribution < 1.29 is 18.8 Å². The molecule has 23 heavy (non-hydrogen) atoms. The zero-order valence-corrected chi connectivity index (χ0v) is 16.1. The molecule has 0 aromatic carbocycles.